The molecule has 0 saturated carbocycles. The lowest BCUT2D eigenvalue weighted by molar-refractivity contribution is -0.115. The van der Waals surface area contributed by atoms with Crippen LogP contribution in [0.5, 0.6) is 0 Å². The lowest BCUT2D eigenvalue weighted by atomic mass is 10.1. The third kappa shape index (κ3) is 3.16. The maximum Gasteiger partial charge on any atom is 0.341 e. The smallest absolute Gasteiger partial charge is 0.324 e. The Kier molecular flexibility index (Phi) is 4.60. The van der Waals surface area contributed by atoms with Crippen LogP contribution in [0.25, 0.3) is 0 Å². The number of sulfone groups is 1. The Hall–Kier alpha value is -1.93. The number of carbonyl (C=O) groups is 1. The minimum Gasteiger partial charge on any atom is -0.324 e. The topological polar surface area (TPSA) is 63.2 Å². The largest absolute Gasteiger partial charge is 0.341 e. The van der Waals surface area contributed by atoms with Gasteiger partial charge in [-0.3, -0.25) is 4.79 Å². The summed E-state index contributed by atoms with van der Waals surface area (Å²) in [5.41, 5.74) is 0.912. The lowest BCUT2D eigenvalue weighted by Crippen LogP contribution is -2.26. The zero-order chi connectivity index (χ0) is 17.3. The maximum atomic E-state index is 12.8. The molecule has 2 aromatic carbocycles. The fraction of sp³-hybridized carbons (Fsp3) is 0.188. The highest BCUT2D eigenvalue weighted by Gasteiger charge is 2.32. The van der Waals surface area contributed by atoms with Crippen LogP contribution in [0.2, 0.25) is 0 Å². The first-order valence-electron chi connectivity index (χ1n) is 7.06. The molecular weight excluding hydrogens is 356 g/mol. The molecule has 126 valence electrons. The van der Waals surface area contributed by atoms with Gasteiger partial charge in [-0.05, 0) is 30.2 Å². The lowest BCUT2D eigenvalue weighted by Gasteiger charge is -2.13. The maximum absolute atomic E-state index is 12.8. The minimum atomic E-state index is -4.79. The summed E-state index contributed by atoms with van der Waals surface area (Å²) in [6.07, 6.45) is 0.510. The Labute approximate surface area is 142 Å². The molecule has 0 fully saturated rings. The van der Waals surface area contributed by atoms with Crippen LogP contribution in [-0.4, -0.2) is 25.3 Å². The van der Waals surface area contributed by atoms with Crippen LogP contribution in [0.1, 0.15) is 5.56 Å². The molecule has 0 aliphatic carbocycles. The molecule has 3 rings (SSSR count). The highest BCUT2D eigenvalue weighted by atomic mass is 32.2. The van der Waals surface area contributed by atoms with Gasteiger partial charge in [-0.1, -0.05) is 30.3 Å². The first-order chi connectivity index (χ1) is 11.4. The number of benzene rings is 2. The highest BCUT2D eigenvalue weighted by molar-refractivity contribution is 8.01. The number of thioether (sulfide) groups is 1. The average molecular weight is 369 g/mol. The van der Waals surface area contributed by atoms with Gasteiger partial charge in [-0.2, -0.15) is 8.78 Å². The van der Waals surface area contributed by atoms with Crippen molar-refractivity contribution in [3.05, 3.63) is 54.1 Å². The van der Waals surface area contributed by atoms with Crippen molar-refractivity contribution in [2.24, 2.45) is 0 Å². The molecule has 0 saturated heterocycles. The normalized spacial score (nSPS) is 16.9. The number of amides is 1. The van der Waals surface area contributed by atoms with Gasteiger partial charge in [0, 0.05) is 4.90 Å². The second-order valence-corrected chi connectivity index (χ2v) is 8.34. The summed E-state index contributed by atoms with van der Waals surface area (Å²) in [5.74, 6) is -3.95. The van der Waals surface area contributed by atoms with E-state index in [9.17, 15) is 22.0 Å². The number of fused-ring (bicyclic) bond motifs is 1. The Bertz CT molecular complexity index is 859. The van der Waals surface area contributed by atoms with Crippen LogP contribution >= 0.6 is 11.8 Å². The van der Waals surface area contributed by atoms with Crippen molar-refractivity contribution in [2.45, 2.75) is 27.2 Å². The molecule has 0 spiro atoms. The summed E-state index contributed by atoms with van der Waals surface area (Å²) in [6, 6.07) is 12.8. The molecule has 1 heterocycles. The fourth-order valence-corrected chi connectivity index (χ4v) is 4.54. The number of para-hydroxylation sites is 1. The number of nitrogens with one attached hydrogen (secondary N) is 1. The van der Waals surface area contributed by atoms with Crippen molar-refractivity contribution in [3.63, 3.8) is 0 Å². The van der Waals surface area contributed by atoms with Gasteiger partial charge >= 0.3 is 5.76 Å². The molecule has 1 amide bonds. The first kappa shape index (κ1) is 16.9. The van der Waals surface area contributed by atoms with Gasteiger partial charge in [-0.25, -0.2) is 8.42 Å². The molecule has 0 bridgehead atoms. The SMILES string of the molecule is O=C(Nc1ccccc1S(=O)(=O)C(F)F)C1Cc2ccccc2S1. The van der Waals surface area contributed by atoms with Gasteiger partial charge in [-0.15, -0.1) is 11.8 Å². The van der Waals surface area contributed by atoms with E-state index in [1.54, 1.807) is 0 Å². The molecule has 1 aliphatic heterocycles. The van der Waals surface area contributed by atoms with Crippen molar-refractivity contribution in [1.29, 1.82) is 0 Å². The number of hydrogen-bond acceptors (Lipinski definition) is 4. The highest BCUT2D eigenvalue weighted by Crippen LogP contribution is 2.37. The second kappa shape index (κ2) is 6.52. The third-order valence-electron chi connectivity index (χ3n) is 3.63. The Morgan fingerprint density at radius 1 is 1.12 bits per heavy atom. The van der Waals surface area contributed by atoms with Gasteiger partial charge in [0.15, 0.2) is 0 Å². The summed E-state index contributed by atoms with van der Waals surface area (Å²) < 4.78 is 49.0. The van der Waals surface area contributed by atoms with Crippen LogP contribution < -0.4 is 5.32 Å². The predicted molar refractivity (Wildman–Crippen MR) is 88.1 cm³/mol. The van der Waals surface area contributed by atoms with Crippen molar-refractivity contribution in [1.82, 2.24) is 0 Å². The molecule has 0 aromatic heterocycles. The van der Waals surface area contributed by atoms with Gasteiger partial charge in [0.05, 0.1) is 15.8 Å². The quantitative estimate of drug-likeness (QED) is 0.898. The second-order valence-electron chi connectivity index (χ2n) is 5.21. The summed E-state index contributed by atoms with van der Waals surface area (Å²) in [6.45, 7) is 0. The predicted octanol–water partition coefficient (Wildman–Crippen LogP) is 3.34. The van der Waals surface area contributed by atoms with Gasteiger partial charge < -0.3 is 5.32 Å². The monoisotopic (exact) mass is 369 g/mol. The van der Waals surface area contributed by atoms with Gasteiger partial charge in [0.2, 0.25) is 15.7 Å². The van der Waals surface area contributed by atoms with E-state index < -0.39 is 31.6 Å². The van der Waals surface area contributed by atoms with Crippen molar-refractivity contribution >= 4 is 33.2 Å². The fourth-order valence-electron chi connectivity index (χ4n) is 2.46. The van der Waals surface area contributed by atoms with E-state index >= 15 is 0 Å². The van der Waals surface area contributed by atoms with E-state index in [4.69, 9.17) is 0 Å². The van der Waals surface area contributed by atoms with Crippen LogP contribution in [-0.2, 0) is 21.1 Å². The van der Waals surface area contributed by atoms with Crippen LogP contribution in [0.3, 0.4) is 0 Å². The minimum absolute atomic E-state index is 0.126. The Morgan fingerprint density at radius 3 is 2.50 bits per heavy atom. The van der Waals surface area contributed by atoms with Crippen LogP contribution in [0, 0.1) is 0 Å². The van der Waals surface area contributed by atoms with E-state index in [1.165, 1.54) is 30.0 Å². The Balaban J connectivity index is 1.82. The third-order valence-corrected chi connectivity index (χ3v) is 6.38. The molecule has 8 heteroatoms. The van der Waals surface area contributed by atoms with E-state index in [1.807, 2.05) is 24.3 Å². The molecule has 0 radical (unpaired) electrons. The van der Waals surface area contributed by atoms with Crippen molar-refractivity contribution in [3.8, 4) is 0 Å². The molecule has 1 aliphatic rings. The number of halogens is 2. The summed E-state index contributed by atoms with van der Waals surface area (Å²) >= 11 is 1.37. The summed E-state index contributed by atoms with van der Waals surface area (Å²) in [5, 5.41) is 2.05. The van der Waals surface area contributed by atoms with E-state index in [0.717, 1.165) is 16.5 Å². The van der Waals surface area contributed by atoms with Crippen molar-refractivity contribution in [2.75, 3.05) is 5.32 Å². The molecule has 24 heavy (non-hydrogen) atoms. The molecule has 1 N–H and O–H groups in total. The first-order valence-corrected chi connectivity index (χ1v) is 9.48. The molecular formula is C16H13F2NO3S2. The summed E-state index contributed by atoms with van der Waals surface area (Å²) in [4.78, 5) is 12.8. The number of alkyl halides is 2. The zero-order valence-electron chi connectivity index (χ0n) is 12.3. The summed E-state index contributed by atoms with van der Waals surface area (Å²) in [7, 11) is -4.79. The zero-order valence-corrected chi connectivity index (χ0v) is 13.9. The molecule has 2 aromatic rings. The number of anilines is 1. The van der Waals surface area contributed by atoms with E-state index in [2.05, 4.69) is 5.32 Å². The van der Waals surface area contributed by atoms with Crippen molar-refractivity contribution < 1.29 is 22.0 Å². The number of carbonyl (C=O) groups excluding carboxylic acids is 1. The molecule has 1 atom stereocenters. The van der Waals surface area contributed by atoms with E-state index in [0.29, 0.717) is 6.42 Å². The Morgan fingerprint density at radius 2 is 1.79 bits per heavy atom. The number of hydrogen-bond donors (Lipinski definition) is 1. The van der Waals surface area contributed by atoms with Gasteiger partial charge in [0.1, 0.15) is 0 Å². The van der Waals surface area contributed by atoms with Gasteiger partial charge in [0.25, 0.3) is 0 Å². The molecule has 1 unspecified atom stereocenters. The van der Waals surface area contributed by atoms with Crippen LogP contribution in [0.15, 0.2) is 58.3 Å². The van der Waals surface area contributed by atoms with Crippen LogP contribution in [0.4, 0.5) is 14.5 Å². The van der Waals surface area contributed by atoms with E-state index in [-0.39, 0.29) is 5.69 Å². The number of rotatable bonds is 4. The average Bonchev–Trinajstić information content (AvgIpc) is 2.99. The molecule has 4 nitrogen and oxygen atoms in total. The standard InChI is InChI=1S/C16H13F2NO3S2/c17-16(18)24(21,22)14-8-4-2-6-11(14)19-15(20)13-9-10-5-1-3-7-12(10)23-13/h1-8,13,16H,9H2,(H,19,20).